The second kappa shape index (κ2) is 6.41. The van der Waals surface area contributed by atoms with Crippen LogP contribution in [0.5, 0.6) is 0 Å². The average molecular weight is 413 g/mol. The second-order valence-corrected chi connectivity index (χ2v) is 8.72. The van der Waals surface area contributed by atoms with E-state index in [9.17, 15) is 9.59 Å². The van der Waals surface area contributed by atoms with E-state index in [1.165, 1.54) is 29.6 Å². The van der Waals surface area contributed by atoms with Gasteiger partial charge in [-0.1, -0.05) is 0 Å². The Balaban J connectivity index is 1.74. The molecule has 3 aromatic rings. The lowest BCUT2D eigenvalue weighted by atomic mass is 10.3. The lowest BCUT2D eigenvalue weighted by molar-refractivity contribution is 0.101. The number of halogens is 1. The van der Waals surface area contributed by atoms with Crippen molar-refractivity contribution in [2.24, 2.45) is 0 Å². The maximum Gasteiger partial charge on any atom is 0.267 e. The zero-order valence-electron chi connectivity index (χ0n) is 11.3. The highest BCUT2D eigenvalue weighted by molar-refractivity contribution is 9.11. The van der Waals surface area contributed by atoms with E-state index < -0.39 is 0 Å². The Labute approximate surface area is 147 Å². The number of carbonyl (C=O) groups is 2. The molecule has 8 heteroatoms. The highest BCUT2D eigenvalue weighted by Crippen LogP contribution is 2.33. The Kier molecular flexibility index (Phi) is 4.53. The number of aromatic nitrogens is 1. The monoisotopic (exact) mass is 412 g/mol. The molecule has 0 bridgehead atoms. The number of ketones is 1. The molecular formula is C14H9BrN2O2S3. The van der Waals surface area contributed by atoms with Gasteiger partial charge in [0.1, 0.15) is 0 Å². The van der Waals surface area contributed by atoms with Crippen LogP contribution >= 0.6 is 49.9 Å². The molecule has 0 saturated carbocycles. The van der Waals surface area contributed by atoms with E-state index in [1.54, 1.807) is 23.5 Å². The van der Waals surface area contributed by atoms with Gasteiger partial charge < -0.3 is 0 Å². The summed E-state index contributed by atoms with van der Waals surface area (Å²) in [4.78, 5) is 30.0. The lowest BCUT2D eigenvalue weighted by Crippen LogP contribution is -2.09. The van der Waals surface area contributed by atoms with Gasteiger partial charge >= 0.3 is 0 Å². The Morgan fingerprint density at radius 2 is 1.91 bits per heavy atom. The summed E-state index contributed by atoms with van der Waals surface area (Å²) >= 11 is 7.57. The molecule has 3 heterocycles. The Morgan fingerprint density at radius 1 is 1.14 bits per heavy atom. The first-order valence-corrected chi connectivity index (χ1v) is 9.47. The minimum Gasteiger partial charge on any atom is -0.297 e. The predicted octanol–water partition coefficient (Wildman–Crippen LogP) is 5.15. The van der Waals surface area contributed by atoms with Crippen molar-refractivity contribution in [3.05, 3.63) is 43.2 Å². The van der Waals surface area contributed by atoms with Gasteiger partial charge in [-0.05, 0) is 47.1 Å². The van der Waals surface area contributed by atoms with Gasteiger partial charge in [0.05, 0.1) is 24.1 Å². The fourth-order valence-electron chi connectivity index (χ4n) is 1.70. The number of thiophene rings is 2. The smallest absolute Gasteiger partial charge is 0.267 e. The van der Waals surface area contributed by atoms with E-state index in [0.717, 1.165) is 14.4 Å². The van der Waals surface area contributed by atoms with Crippen molar-refractivity contribution in [3.8, 4) is 10.6 Å². The number of thiazole rings is 1. The number of anilines is 1. The molecule has 0 aliphatic heterocycles. The normalized spacial score (nSPS) is 10.6. The van der Waals surface area contributed by atoms with Crippen LogP contribution in [0.1, 0.15) is 26.3 Å². The van der Waals surface area contributed by atoms with Gasteiger partial charge in [0, 0.05) is 5.38 Å². The molecule has 0 radical (unpaired) electrons. The van der Waals surface area contributed by atoms with Crippen LogP contribution in [0.2, 0.25) is 0 Å². The Hall–Kier alpha value is -1.35. The largest absolute Gasteiger partial charge is 0.297 e. The molecule has 1 amide bonds. The first-order valence-electron chi connectivity index (χ1n) is 6.16. The summed E-state index contributed by atoms with van der Waals surface area (Å²) in [7, 11) is 0. The van der Waals surface area contributed by atoms with E-state index in [-0.39, 0.29) is 11.7 Å². The molecule has 112 valence electrons. The van der Waals surface area contributed by atoms with Crippen LogP contribution in [0, 0.1) is 0 Å². The number of amides is 1. The average Bonchev–Trinajstić information content (AvgIpc) is 3.17. The second-order valence-electron chi connectivity index (χ2n) is 4.32. The van der Waals surface area contributed by atoms with Gasteiger partial charge in [-0.25, -0.2) is 4.98 Å². The zero-order valence-corrected chi connectivity index (χ0v) is 15.3. The summed E-state index contributed by atoms with van der Waals surface area (Å²) in [5.74, 6) is -0.283. The van der Waals surface area contributed by atoms with Crippen molar-refractivity contribution in [2.75, 3.05) is 5.32 Å². The molecule has 3 rings (SSSR count). The van der Waals surface area contributed by atoms with Gasteiger partial charge in [-0.3, -0.25) is 14.9 Å². The van der Waals surface area contributed by atoms with Crippen LogP contribution < -0.4 is 5.32 Å². The van der Waals surface area contributed by atoms with Crippen LogP contribution in [0.3, 0.4) is 0 Å². The van der Waals surface area contributed by atoms with Crippen molar-refractivity contribution in [2.45, 2.75) is 6.92 Å². The minimum absolute atomic E-state index is 0.0381. The van der Waals surface area contributed by atoms with E-state index in [1.807, 2.05) is 17.5 Å². The van der Waals surface area contributed by atoms with Gasteiger partial charge in [0.25, 0.3) is 5.91 Å². The molecule has 0 unspecified atom stereocenters. The number of hydrogen-bond acceptors (Lipinski definition) is 6. The molecular weight excluding hydrogens is 404 g/mol. The fraction of sp³-hybridized carbons (Fsp3) is 0.0714. The molecule has 4 nitrogen and oxygen atoms in total. The van der Waals surface area contributed by atoms with Gasteiger partial charge in [0.15, 0.2) is 10.9 Å². The van der Waals surface area contributed by atoms with E-state index >= 15 is 0 Å². The highest BCUT2D eigenvalue weighted by Gasteiger charge is 2.14. The fourth-order valence-corrected chi connectivity index (χ4v) is 4.63. The van der Waals surface area contributed by atoms with E-state index in [2.05, 4.69) is 26.2 Å². The quantitative estimate of drug-likeness (QED) is 0.602. The summed E-state index contributed by atoms with van der Waals surface area (Å²) in [5.41, 5.74) is 0.839. The maximum absolute atomic E-state index is 12.1. The molecule has 0 spiro atoms. The molecule has 0 saturated heterocycles. The van der Waals surface area contributed by atoms with Gasteiger partial charge in [-0.15, -0.1) is 34.0 Å². The van der Waals surface area contributed by atoms with Gasteiger partial charge in [-0.2, -0.15) is 0 Å². The summed E-state index contributed by atoms with van der Waals surface area (Å²) in [6.07, 6.45) is 0. The van der Waals surface area contributed by atoms with Crippen molar-refractivity contribution >= 4 is 66.8 Å². The van der Waals surface area contributed by atoms with Crippen LogP contribution in [-0.2, 0) is 0 Å². The number of nitrogens with one attached hydrogen (secondary N) is 1. The third kappa shape index (κ3) is 3.35. The van der Waals surface area contributed by atoms with E-state index in [0.29, 0.717) is 14.9 Å². The van der Waals surface area contributed by atoms with Crippen LogP contribution in [0.4, 0.5) is 5.13 Å². The maximum atomic E-state index is 12.1. The molecule has 22 heavy (non-hydrogen) atoms. The standard InChI is InChI=1S/C14H9BrN2O2S3/c1-7(18)9-2-3-11(21-9)13(19)17-14-16-8(6-20-14)10-4-5-12(15)22-10/h2-6H,1H3,(H,16,17,19). The van der Waals surface area contributed by atoms with Gasteiger partial charge in [0.2, 0.25) is 0 Å². The molecule has 0 aliphatic carbocycles. The summed E-state index contributed by atoms with van der Waals surface area (Å²) in [6, 6.07) is 7.26. The predicted molar refractivity (Wildman–Crippen MR) is 95.4 cm³/mol. The van der Waals surface area contributed by atoms with E-state index in [4.69, 9.17) is 0 Å². The number of rotatable bonds is 4. The summed E-state index contributed by atoms with van der Waals surface area (Å²) in [6.45, 7) is 1.49. The molecule has 0 aromatic carbocycles. The third-order valence-corrected chi connectivity index (χ3v) is 6.32. The zero-order chi connectivity index (χ0) is 15.7. The number of nitrogens with zero attached hydrogens (tertiary/aromatic N) is 1. The molecule has 0 fully saturated rings. The first-order chi connectivity index (χ1) is 10.5. The molecule has 1 N–H and O–H groups in total. The number of Topliss-reactive ketones (excluding diaryl/α,β-unsaturated/α-hetero) is 1. The van der Waals surface area contributed by atoms with Crippen molar-refractivity contribution in [3.63, 3.8) is 0 Å². The third-order valence-electron chi connectivity index (χ3n) is 2.73. The van der Waals surface area contributed by atoms with Crippen molar-refractivity contribution in [1.29, 1.82) is 0 Å². The molecule has 3 aromatic heterocycles. The number of carbonyl (C=O) groups excluding carboxylic acids is 2. The SMILES string of the molecule is CC(=O)c1ccc(C(=O)Nc2nc(-c3ccc(Br)s3)cs2)s1. The Bertz CT molecular complexity index is 850. The lowest BCUT2D eigenvalue weighted by Gasteiger charge is -1.97. The van der Waals surface area contributed by atoms with Crippen LogP contribution in [0.15, 0.2) is 33.4 Å². The molecule has 0 aliphatic rings. The van der Waals surface area contributed by atoms with Crippen molar-refractivity contribution < 1.29 is 9.59 Å². The Morgan fingerprint density at radius 3 is 2.55 bits per heavy atom. The van der Waals surface area contributed by atoms with Crippen molar-refractivity contribution in [1.82, 2.24) is 4.98 Å². The van der Waals surface area contributed by atoms with Crippen LogP contribution in [-0.4, -0.2) is 16.7 Å². The van der Waals surface area contributed by atoms with Crippen LogP contribution in [0.25, 0.3) is 10.6 Å². The first kappa shape index (κ1) is 15.5. The topological polar surface area (TPSA) is 59.1 Å². The number of hydrogen-bond donors (Lipinski definition) is 1. The molecule has 0 atom stereocenters. The summed E-state index contributed by atoms with van der Waals surface area (Å²) < 4.78 is 1.04. The summed E-state index contributed by atoms with van der Waals surface area (Å²) in [5, 5.41) is 5.22. The highest BCUT2D eigenvalue weighted by atomic mass is 79.9. The minimum atomic E-state index is -0.245.